The maximum absolute atomic E-state index is 6.39. The Morgan fingerprint density at radius 1 is 1.04 bits per heavy atom. The molecule has 24 heavy (non-hydrogen) atoms. The van der Waals surface area contributed by atoms with Crippen LogP contribution >= 0.6 is 22.9 Å². The number of halogens is 1. The highest BCUT2D eigenvalue weighted by molar-refractivity contribution is 7.16. The summed E-state index contributed by atoms with van der Waals surface area (Å²) in [5.74, 6) is 0. The van der Waals surface area contributed by atoms with Crippen LogP contribution in [0.25, 0.3) is 0 Å². The molecule has 0 amide bonds. The predicted octanol–water partition coefficient (Wildman–Crippen LogP) is 3.11. The van der Waals surface area contributed by atoms with E-state index in [9.17, 15) is 0 Å². The average Bonchev–Trinajstić information content (AvgIpc) is 3.27. The van der Waals surface area contributed by atoms with Gasteiger partial charge in [0.25, 0.3) is 0 Å². The molecule has 4 rings (SSSR count). The summed E-state index contributed by atoms with van der Waals surface area (Å²) in [7, 11) is 0. The highest BCUT2D eigenvalue weighted by atomic mass is 35.5. The molecule has 0 N–H and O–H groups in total. The SMILES string of the molecule is Clc1nc(N2CCCC2)sc1CN1CCN(c2cccnc2)CC1. The Balaban J connectivity index is 1.35. The Labute approximate surface area is 151 Å². The molecule has 2 saturated heterocycles. The van der Waals surface area contributed by atoms with Crippen molar-refractivity contribution in [2.45, 2.75) is 19.4 Å². The van der Waals surface area contributed by atoms with E-state index in [1.165, 1.54) is 23.4 Å². The molecule has 0 aromatic carbocycles. The number of anilines is 2. The highest BCUT2D eigenvalue weighted by Crippen LogP contribution is 2.32. The van der Waals surface area contributed by atoms with Gasteiger partial charge in [0.05, 0.1) is 16.8 Å². The van der Waals surface area contributed by atoms with Crippen molar-refractivity contribution < 1.29 is 0 Å². The fourth-order valence-electron chi connectivity index (χ4n) is 3.37. The average molecular weight is 364 g/mol. The van der Waals surface area contributed by atoms with E-state index >= 15 is 0 Å². The maximum Gasteiger partial charge on any atom is 0.187 e. The third-order valence-electron chi connectivity index (χ3n) is 4.77. The standard InChI is InChI=1S/C17H22ClN5S/c18-16-15(24-17(20-16)23-6-1-2-7-23)13-21-8-10-22(11-9-21)14-4-3-5-19-12-14/h3-5,12H,1-2,6-11,13H2. The molecular formula is C17H22ClN5S. The molecule has 2 aromatic heterocycles. The lowest BCUT2D eigenvalue weighted by Crippen LogP contribution is -2.45. The van der Waals surface area contributed by atoms with Gasteiger partial charge >= 0.3 is 0 Å². The quantitative estimate of drug-likeness (QED) is 0.834. The first kappa shape index (κ1) is 16.1. The van der Waals surface area contributed by atoms with Crippen molar-refractivity contribution in [3.8, 4) is 0 Å². The minimum absolute atomic E-state index is 0.691. The van der Waals surface area contributed by atoms with Crippen LogP contribution in [0.3, 0.4) is 0 Å². The van der Waals surface area contributed by atoms with Gasteiger partial charge in [0.1, 0.15) is 5.15 Å². The molecule has 0 unspecified atom stereocenters. The Morgan fingerprint density at radius 2 is 1.83 bits per heavy atom. The first-order valence-corrected chi connectivity index (χ1v) is 9.76. The van der Waals surface area contributed by atoms with E-state index in [0.29, 0.717) is 5.15 Å². The van der Waals surface area contributed by atoms with Crippen molar-refractivity contribution in [2.75, 3.05) is 49.1 Å². The van der Waals surface area contributed by atoms with Crippen LogP contribution in [0, 0.1) is 0 Å². The maximum atomic E-state index is 6.39. The molecule has 2 aromatic rings. The van der Waals surface area contributed by atoms with E-state index in [0.717, 1.165) is 50.9 Å². The molecule has 0 spiro atoms. The second kappa shape index (κ2) is 7.25. The Kier molecular flexibility index (Phi) is 4.87. The van der Waals surface area contributed by atoms with Crippen LogP contribution in [0.15, 0.2) is 24.5 Å². The minimum Gasteiger partial charge on any atom is -0.368 e. The molecule has 2 aliphatic rings. The van der Waals surface area contributed by atoms with Gasteiger partial charge in [-0.05, 0) is 25.0 Å². The number of pyridine rings is 1. The smallest absolute Gasteiger partial charge is 0.187 e. The fraction of sp³-hybridized carbons (Fsp3) is 0.529. The Bertz CT molecular complexity index is 663. The van der Waals surface area contributed by atoms with Gasteiger partial charge in [-0.25, -0.2) is 4.98 Å². The molecule has 5 nitrogen and oxygen atoms in total. The Hall–Kier alpha value is -1.37. The Morgan fingerprint density at radius 3 is 2.54 bits per heavy atom. The predicted molar refractivity (Wildman–Crippen MR) is 100 cm³/mol. The zero-order valence-corrected chi connectivity index (χ0v) is 15.3. The first-order chi connectivity index (χ1) is 11.8. The van der Waals surface area contributed by atoms with Crippen molar-refractivity contribution in [1.82, 2.24) is 14.9 Å². The summed E-state index contributed by atoms with van der Waals surface area (Å²) in [6.07, 6.45) is 6.30. The number of hydrogen-bond acceptors (Lipinski definition) is 6. The van der Waals surface area contributed by atoms with Crippen LogP contribution in [-0.2, 0) is 6.54 Å². The summed E-state index contributed by atoms with van der Waals surface area (Å²) >= 11 is 8.16. The zero-order chi connectivity index (χ0) is 16.4. The monoisotopic (exact) mass is 363 g/mol. The summed E-state index contributed by atoms with van der Waals surface area (Å²) in [4.78, 5) is 17.2. The lowest BCUT2D eigenvalue weighted by molar-refractivity contribution is 0.252. The van der Waals surface area contributed by atoms with E-state index < -0.39 is 0 Å². The summed E-state index contributed by atoms with van der Waals surface area (Å²) < 4.78 is 0. The molecule has 0 saturated carbocycles. The normalized spacial score (nSPS) is 19.2. The fourth-order valence-corrected chi connectivity index (χ4v) is 4.72. The summed E-state index contributed by atoms with van der Waals surface area (Å²) in [6.45, 7) is 7.29. The van der Waals surface area contributed by atoms with E-state index in [1.807, 2.05) is 18.5 Å². The van der Waals surface area contributed by atoms with Crippen molar-refractivity contribution in [2.24, 2.45) is 0 Å². The van der Waals surface area contributed by atoms with Gasteiger partial charge in [-0.1, -0.05) is 22.9 Å². The third-order valence-corrected chi connectivity index (χ3v) is 6.29. The number of piperazine rings is 1. The zero-order valence-electron chi connectivity index (χ0n) is 13.7. The molecule has 2 aliphatic heterocycles. The molecular weight excluding hydrogens is 342 g/mol. The molecule has 0 radical (unpaired) electrons. The van der Waals surface area contributed by atoms with Crippen LogP contribution in [-0.4, -0.2) is 54.1 Å². The van der Waals surface area contributed by atoms with Gasteiger partial charge in [0.2, 0.25) is 0 Å². The molecule has 7 heteroatoms. The summed E-state index contributed by atoms with van der Waals surface area (Å²) in [5, 5.41) is 1.79. The largest absolute Gasteiger partial charge is 0.368 e. The molecule has 0 bridgehead atoms. The molecule has 0 aliphatic carbocycles. The molecule has 4 heterocycles. The summed E-state index contributed by atoms with van der Waals surface area (Å²) in [5.41, 5.74) is 1.21. The minimum atomic E-state index is 0.691. The van der Waals surface area contributed by atoms with E-state index in [-0.39, 0.29) is 0 Å². The lowest BCUT2D eigenvalue weighted by atomic mass is 10.2. The molecule has 2 fully saturated rings. The van der Waals surface area contributed by atoms with Gasteiger partial charge < -0.3 is 9.80 Å². The lowest BCUT2D eigenvalue weighted by Gasteiger charge is -2.35. The van der Waals surface area contributed by atoms with Gasteiger partial charge in [-0.2, -0.15) is 0 Å². The van der Waals surface area contributed by atoms with Gasteiger partial charge in [0.15, 0.2) is 5.13 Å². The van der Waals surface area contributed by atoms with E-state index in [1.54, 1.807) is 11.3 Å². The van der Waals surface area contributed by atoms with Gasteiger partial charge in [0, 0.05) is 52.0 Å². The second-order valence-corrected chi connectivity index (χ2v) is 7.80. The van der Waals surface area contributed by atoms with Crippen molar-refractivity contribution in [3.05, 3.63) is 34.6 Å². The van der Waals surface area contributed by atoms with Crippen LogP contribution in [0.1, 0.15) is 17.7 Å². The molecule has 0 atom stereocenters. The number of nitrogens with zero attached hydrogens (tertiary/aromatic N) is 5. The number of rotatable bonds is 4. The molecule has 128 valence electrons. The topological polar surface area (TPSA) is 35.5 Å². The van der Waals surface area contributed by atoms with Crippen LogP contribution in [0.4, 0.5) is 10.8 Å². The van der Waals surface area contributed by atoms with Crippen LogP contribution < -0.4 is 9.80 Å². The summed E-state index contributed by atoms with van der Waals surface area (Å²) in [6, 6.07) is 4.13. The third kappa shape index (κ3) is 3.50. The second-order valence-electron chi connectivity index (χ2n) is 6.38. The number of aromatic nitrogens is 2. The first-order valence-electron chi connectivity index (χ1n) is 8.57. The van der Waals surface area contributed by atoms with Crippen molar-refractivity contribution in [3.63, 3.8) is 0 Å². The number of thiazole rings is 1. The highest BCUT2D eigenvalue weighted by Gasteiger charge is 2.22. The van der Waals surface area contributed by atoms with Crippen LogP contribution in [0.5, 0.6) is 0 Å². The van der Waals surface area contributed by atoms with E-state index in [2.05, 4.69) is 30.7 Å². The van der Waals surface area contributed by atoms with Crippen molar-refractivity contribution >= 4 is 33.8 Å². The van der Waals surface area contributed by atoms with Crippen molar-refractivity contribution in [1.29, 1.82) is 0 Å². The van der Waals surface area contributed by atoms with Gasteiger partial charge in [-0.3, -0.25) is 9.88 Å². The van der Waals surface area contributed by atoms with E-state index in [4.69, 9.17) is 11.6 Å². The number of hydrogen-bond donors (Lipinski definition) is 0. The van der Waals surface area contributed by atoms with Crippen LogP contribution in [0.2, 0.25) is 5.15 Å². The van der Waals surface area contributed by atoms with Gasteiger partial charge in [-0.15, -0.1) is 0 Å².